The van der Waals surface area contributed by atoms with E-state index in [2.05, 4.69) is 134 Å². The van der Waals surface area contributed by atoms with Crippen LogP contribution in [-0.2, 0) is 26.7 Å². The molecule has 0 atom stereocenters. The van der Waals surface area contributed by atoms with Crippen LogP contribution in [0.25, 0.3) is 0 Å². The fraction of sp³-hybridized carbons (Fsp3) is 0.611. The standard InChI is InChI=1S/C36H56N2O2.F6P.Mn/c1-31(2,3)25-17-23(29(39)27(19-25)33(7,8)9)21-37-35(13,14)36(15,16)38-22-24-18-26(32(4,5)6)20-28(30(24)40)34(10,11)12;1-7(2,3,4,5)6;/h17-22,37-38H,1-16H3;;/q;-1;/b23-21-,24-22-;;. The Labute approximate surface area is 294 Å². The summed E-state index contributed by atoms with van der Waals surface area (Å²) < 4.78 is 59.2. The molecule has 0 spiro atoms. The molecule has 1 radical (unpaired) electrons. The van der Waals surface area contributed by atoms with Crippen molar-refractivity contribution >= 4 is 19.4 Å². The molecule has 0 amide bonds. The average molecular weight is 749 g/mol. The molecule has 2 aliphatic rings. The van der Waals surface area contributed by atoms with Crippen LogP contribution in [0, 0.1) is 21.7 Å². The van der Waals surface area contributed by atoms with Crippen molar-refractivity contribution in [3.63, 3.8) is 0 Å². The van der Waals surface area contributed by atoms with Crippen molar-refractivity contribution in [1.82, 2.24) is 10.6 Å². The summed E-state index contributed by atoms with van der Waals surface area (Å²) >= 11 is 0. The number of carbonyl (C=O) groups excluding carboxylic acids is 2. The van der Waals surface area contributed by atoms with Gasteiger partial charge in [-0.15, -0.1) is 0 Å². The molecule has 0 saturated heterocycles. The quantitative estimate of drug-likeness (QED) is 0.127. The normalized spacial score (nSPS) is 20.3. The van der Waals surface area contributed by atoms with Crippen LogP contribution < -0.4 is 10.6 Å². The van der Waals surface area contributed by atoms with Gasteiger partial charge in [0, 0.05) is 51.8 Å². The number of rotatable bonds is 5. The summed E-state index contributed by atoms with van der Waals surface area (Å²) in [5.74, 6) is 0.122. The van der Waals surface area contributed by atoms with E-state index >= 15 is 0 Å². The summed E-state index contributed by atoms with van der Waals surface area (Å²) in [4.78, 5) is 27.0. The number of Topliss-reactive ketones (excluding diaryl/α,β-unsaturated/α-hetero) is 2. The van der Waals surface area contributed by atoms with E-state index in [1.807, 2.05) is 24.6 Å². The van der Waals surface area contributed by atoms with E-state index in [1.54, 1.807) is 0 Å². The molecule has 0 aromatic heterocycles. The fourth-order valence-electron chi connectivity index (χ4n) is 4.37. The van der Waals surface area contributed by atoms with E-state index in [0.717, 1.165) is 22.3 Å². The molecule has 0 aromatic carbocycles. The van der Waals surface area contributed by atoms with Crippen LogP contribution in [-0.4, -0.2) is 22.6 Å². The minimum absolute atomic E-state index is 0. The number of hydrogen-bond donors (Lipinski definition) is 2. The molecular formula is C36H56F6MnN2O2P-. The first-order valence-corrected chi connectivity index (χ1v) is 17.7. The van der Waals surface area contributed by atoms with Gasteiger partial charge in [0.15, 0.2) is 11.6 Å². The van der Waals surface area contributed by atoms with Crippen LogP contribution in [0.2, 0.25) is 0 Å². The largest absolute Gasteiger partial charge is 0 e. The second kappa shape index (κ2) is 13.2. The van der Waals surface area contributed by atoms with Gasteiger partial charge in [-0.1, -0.05) is 95.2 Å². The topological polar surface area (TPSA) is 58.2 Å². The molecule has 2 N–H and O–H groups in total. The maximum Gasteiger partial charge on any atom is 0 e. The Bertz CT molecular complexity index is 1360. The van der Waals surface area contributed by atoms with Gasteiger partial charge in [-0.05, 0) is 72.7 Å². The smallest absolute Gasteiger partial charge is 0 e. The van der Waals surface area contributed by atoms with E-state index < -0.39 is 18.9 Å². The molecule has 2 aliphatic carbocycles. The molecule has 0 saturated carbocycles. The maximum atomic E-state index is 13.5. The van der Waals surface area contributed by atoms with Crippen molar-refractivity contribution in [3.05, 3.63) is 70.1 Å². The van der Waals surface area contributed by atoms with E-state index in [9.17, 15) is 34.8 Å². The Kier molecular flexibility index (Phi) is 12.7. The van der Waals surface area contributed by atoms with Crippen LogP contribution in [0.3, 0.4) is 0 Å². The molecule has 0 heterocycles. The Morgan fingerprint density at radius 3 is 0.896 bits per heavy atom. The van der Waals surface area contributed by atoms with Gasteiger partial charge < -0.3 is 10.6 Å². The molecule has 2 rings (SSSR count). The minimum Gasteiger partial charge on any atom is 0 e. The predicted octanol–water partition coefficient (Wildman–Crippen LogP) is 11.9. The first kappa shape index (κ1) is 45.9. The van der Waals surface area contributed by atoms with Gasteiger partial charge >= 0.3 is 33.0 Å². The SMILES string of the molecule is CC(C)(C)C1=C/C(=C/NC(C)(C)C(C)(C)N/C=C2/C=C(C(C)(C)C)C=C(C(C)(C)C)C2=O)C(=O)C(C(C)(C)C)=C1.F[P-](F)(F)(F)(F)F.[Mn]. The number of hydrogen-bond acceptors (Lipinski definition) is 4. The summed E-state index contributed by atoms with van der Waals surface area (Å²) in [6.07, 6.45) is 11.9. The summed E-state index contributed by atoms with van der Waals surface area (Å²) in [6, 6.07) is 0. The summed E-state index contributed by atoms with van der Waals surface area (Å²) in [5.41, 5.74) is 3.68. The van der Waals surface area contributed by atoms with Crippen molar-refractivity contribution in [2.24, 2.45) is 21.7 Å². The number of allylic oxidation sites excluding steroid dienone is 10. The van der Waals surface area contributed by atoms with Gasteiger partial charge in [0.25, 0.3) is 0 Å². The number of halogens is 6. The molecule has 0 aliphatic heterocycles. The van der Waals surface area contributed by atoms with E-state index in [4.69, 9.17) is 0 Å². The second-order valence-electron chi connectivity index (χ2n) is 17.7. The molecule has 4 nitrogen and oxygen atoms in total. The summed E-state index contributed by atoms with van der Waals surface area (Å²) in [5, 5.41) is 7.10. The monoisotopic (exact) mass is 748 g/mol. The number of ketones is 2. The van der Waals surface area contributed by atoms with Crippen LogP contribution in [0.15, 0.2) is 70.1 Å². The van der Waals surface area contributed by atoms with Crippen molar-refractivity contribution in [3.8, 4) is 0 Å². The van der Waals surface area contributed by atoms with Crippen molar-refractivity contribution in [2.45, 2.75) is 122 Å². The zero-order valence-corrected chi connectivity index (χ0v) is 33.4. The third-order valence-electron chi connectivity index (χ3n) is 8.32. The third-order valence-corrected chi connectivity index (χ3v) is 8.32. The zero-order valence-electron chi connectivity index (χ0n) is 31.4. The molecule has 0 aromatic rings. The van der Waals surface area contributed by atoms with Crippen LogP contribution >= 0.6 is 7.81 Å². The Balaban J connectivity index is 0.00000248. The van der Waals surface area contributed by atoms with E-state index in [1.165, 1.54) is 0 Å². The first-order valence-electron chi connectivity index (χ1n) is 15.6. The van der Waals surface area contributed by atoms with Gasteiger partial charge in [-0.3, -0.25) is 9.59 Å². The average Bonchev–Trinajstić information content (AvgIpc) is 2.77. The molecule has 0 bridgehead atoms. The fourth-order valence-corrected chi connectivity index (χ4v) is 4.37. The minimum atomic E-state index is -10.7. The van der Waals surface area contributed by atoms with Gasteiger partial charge in [-0.25, -0.2) is 0 Å². The van der Waals surface area contributed by atoms with Gasteiger partial charge in [-0.2, -0.15) is 0 Å². The van der Waals surface area contributed by atoms with E-state index in [0.29, 0.717) is 11.1 Å². The zero-order chi connectivity index (χ0) is 37.7. The summed E-state index contributed by atoms with van der Waals surface area (Å²) in [7, 11) is -10.7. The molecule has 12 heteroatoms. The van der Waals surface area contributed by atoms with Gasteiger partial charge in [0.05, 0.1) is 11.1 Å². The Morgan fingerprint density at radius 2 is 0.708 bits per heavy atom. The Morgan fingerprint density at radius 1 is 0.479 bits per heavy atom. The molecule has 0 unspecified atom stereocenters. The number of nitrogens with one attached hydrogen (secondary N) is 2. The number of carbonyl (C=O) groups is 2. The van der Waals surface area contributed by atoms with Crippen LogP contribution in [0.5, 0.6) is 0 Å². The molecule has 277 valence electrons. The van der Waals surface area contributed by atoms with Crippen LogP contribution in [0.1, 0.15) is 111 Å². The predicted molar refractivity (Wildman–Crippen MR) is 184 cm³/mol. The van der Waals surface area contributed by atoms with Gasteiger partial charge in [0.2, 0.25) is 0 Å². The van der Waals surface area contributed by atoms with Gasteiger partial charge in [0.1, 0.15) is 0 Å². The third kappa shape index (κ3) is 14.4. The van der Waals surface area contributed by atoms with E-state index in [-0.39, 0.29) is 50.3 Å². The second-order valence-corrected chi connectivity index (χ2v) is 19.6. The maximum absolute atomic E-state index is 13.5. The summed E-state index contributed by atoms with van der Waals surface area (Å²) in [6.45, 7) is 34.0. The Hall–Kier alpha value is -2.09. The molecule has 0 fully saturated rings. The van der Waals surface area contributed by atoms with Crippen molar-refractivity contribution in [2.75, 3.05) is 0 Å². The van der Waals surface area contributed by atoms with Crippen molar-refractivity contribution < 1.29 is 51.8 Å². The molecular weight excluding hydrogens is 692 g/mol. The van der Waals surface area contributed by atoms with Crippen LogP contribution in [0.4, 0.5) is 25.2 Å². The first-order chi connectivity index (χ1) is 20.1. The molecule has 48 heavy (non-hydrogen) atoms. The van der Waals surface area contributed by atoms with Crippen molar-refractivity contribution in [1.29, 1.82) is 0 Å².